The predicted molar refractivity (Wildman–Crippen MR) is 120 cm³/mol. The Morgan fingerprint density at radius 2 is 1.19 bits per heavy atom. The average molecular weight is 375 g/mol. The van der Waals surface area contributed by atoms with Crippen LogP contribution in [-0.4, -0.2) is 0 Å². The largest absolute Gasteiger partial charge is 0.0654 e. The maximum Gasteiger partial charge on any atom is -0.0380 e. The molecule has 3 rings (SSSR count). The van der Waals surface area contributed by atoms with Crippen LogP contribution in [0.4, 0.5) is 0 Å². The lowest BCUT2D eigenvalue weighted by molar-refractivity contribution is 0.101. The molecule has 3 aliphatic rings. The van der Waals surface area contributed by atoms with Crippen molar-refractivity contribution in [2.45, 2.75) is 136 Å². The molecule has 0 amide bonds. The fourth-order valence-corrected chi connectivity index (χ4v) is 7.07. The first-order chi connectivity index (χ1) is 13.3. The molecule has 0 aromatic rings. The summed E-state index contributed by atoms with van der Waals surface area (Å²) in [6, 6.07) is 0. The van der Waals surface area contributed by atoms with E-state index in [1.165, 1.54) is 64.2 Å². The SMILES string of the molecule is CCCCCC1CCC2CCCCCCCC(C3CCC(C)CC3)CC2C1. The van der Waals surface area contributed by atoms with Crippen molar-refractivity contribution in [1.29, 1.82) is 0 Å². The molecule has 0 aliphatic heterocycles. The van der Waals surface area contributed by atoms with Crippen LogP contribution in [-0.2, 0) is 0 Å². The molecule has 0 heteroatoms. The van der Waals surface area contributed by atoms with E-state index in [-0.39, 0.29) is 0 Å². The van der Waals surface area contributed by atoms with Gasteiger partial charge in [-0.3, -0.25) is 0 Å². The normalized spacial score (nSPS) is 39.3. The third-order valence-corrected chi connectivity index (χ3v) is 8.95. The van der Waals surface area contributed by atoms with Gasteiger partial charge in [0.25, 0.3) is 0 Å². The third kappa shape index (κ3) is 7.08. The van der Waals surface area contributed by atoms with Gasteiger partial charge in [0.15, 0.2) is 0 Å². The topological polar surface area (TPSA) is 0 Å². The van der Waals surface area contributed by atoms with Crippen molar-refractivity contribution < 1.29 is 0 Å². The molecule has 27 heavy (non-hydrogen) atoms. The summed E-state index contributed by atoms with van der Waals surface area (Å²) in [7, 11) is 0. The number of rotatable bonds is 5. The highest BCUT2D eigenvalue weighted by molar-refractivity contribution is 4.85. The molecule has 0 aromatic heterocycles. The molecule has 3 saturated carbocycles. The van der Waals surface area contributed by atoms with Gasteiger partial charge in [0.2, 0.25) is 0 Å². The Labute approximate surface area is 171 Å². The van der Waals surface area contributed by atoms with Crippen LogP contribution in [0.2, 0.25) is 0 Å². The van der Waals surface area contributed by atoms with E-state index >= 15 is 0 Å². The van der Waals surface area contributed by atoms with Crippen molar-refractivity contribution in [3.05, 3.63) is 0 Å². The van der Waals surface area contributed by atoms with Gasteiger partial charge in [-0.1, -0.05) is 104 Å². The van der Waals surface area contributed by atoms with E-state index in [1.807, 2.05) is 0 Å². The second kappa shape index (κ2) is 11.9. The number of hydrogen-bond acceptors (Lipinski definition) is 0. The zero-order valence-electron chi connectivity index (χ0n) is 18.9. The zero-order valence-corrected chi connectivity index (χ0v) is 18.9. The standard InChI is InChI=1S/C27H50/c1-3-4-8-11-23-16-19-24-12-9-6-5-7-10-13-26(21-27(24)20-23)25-17-14-22(2)15-18-25/h22-27H,3-21H2,1-2H3. The lowest BCUT2D eigenvalue weighted by Crippen LogP contribution is -2.30. The molecule has 0 N–H and O–H groups in total. The Morgan fingerprint density at radius 3 is 1.93 bits per heavy atom. The summed E-state index contributed by atoms with van der Waals surface area (Å²) in [6.45, 7) is 4.85. The van der Waals surface area contributed by atoms with Crippen molar-refractivity contribution in [3.63, 3.8) is 0 Å². The summed E-state index contributed by atoms with van der Waals surface area (Å²) in [5.74, 6) is 6.44. The first-order valence-electron chi connectivity index (χ1n) is 13.3. The number of hydrogen-bond donors (Lipinski definition) is 0. The molecule has 0 heterocycles. The minimum atomic E-state index is 1.01. The molecule has 0 radical (unpaired) electrons. The second-order valence-corrected chi connectivity index (χ2v) is 11.1. The highest BCUT2D eigenvalue weighted by Crippen LogP contribution is 2.46. The Morgan fingerprint density at radius 1 is 0.556 bits per heavy atom. The van der Waals surface area contributed by atoms with Crippen LogP contribution in [0.3, 0.4) is 0 Å². The molecule has 0 aromatic carbocycles. The highest BCUT2D eigenvalue weighted by Gasteiger charge is 2.34. The van der Waals surface area contributed by atoms with Gasteiger partial charge in [-0.15, -0.1) is 0 Å². The van der Waals surface area contributed by atoms with Crippen molar-refractivity contribution in [1.82, 2.24) is 0 Å². The van der Waals surface area contributed by atoms with Crippen LogP contribution in [0, 0.1) is 35.5 Å². The summed E-state index contributed by atoms with van der Waals surface area (Å²) in [5, 5.41) is 0. The molecule has 0 bridgehead atoms. The summed E-state index contributed by atoms with van der Waals surface area (Å²) in [4.78, 5) is 0. The van der Waals surface area contributed by atoms with Gasteiger partial charge in [0.1, 0.15) is 0 Å². The van der Waals surface area contributed by atoms with E-state index in [1.54, 1.807) is 57.8 Å². The smallest absolute Gasteiger partial charge is 0.0380 e. The summed E-state index contributed by atoms with van der Waals surface area (Å²) in [5.41, 5.74) is 0. The van der Waals surface area contributed by atoms with Crippen LogP contribution < -0.4 is 0 Å². The second-order valence-electron chi connectivity index (χ2n) is 11.1. The zero-order chi connectivity index (χ0) is 18.9. The molecule has 3 fully saturated rings. The van der Waals surface area contributed by atoms with Crippen LogP contribution in [0.5, 0.6) is 0 Å². The first-order valence-corrected chi connectivity index (χ1v) is 13.3. The first kappa shape index (κ1) is 21.7. The van der Waals surface area contributed by atoms with Crippen molar-refractivity contribution in [2.75, 3.05) is 0 Å². The summed E-state index contributed by atoms with van der Waals surface area (Å²) >= 11 is 0. The molecule has 4 atom stereocenters. The number of unbranched alkanes of at least 4 members (excludes halogenated alkanes) is 2. The van der Waals surface area contributed by atoms with Gasteiger partial charge in [-0.05, 0) is 67.6 Å². The van der Waals surface area contributed by atoms with Gasteiger partial charge in [-0.25, -0.2) is 0 Å². The maximum atomic E-state index is 2.49. The van der Waals surface area contributed by atoms with E-state index in [9.17, 15) is 0 Å². The van der Waals surface area contributed by atoms with Crippen LogP contribution in [0.15, 0.2) is 0 Å². The fourth-order valence-electron chi connectivity index (χ4n) is 7.07. The third-order valence-electron chi connectivity index (χ3n) is 8.95. The highest BCUT2D eigenvalue weighted by atomic mass is 14.4. The van der Waals surface area contributed by atoms with E-state index in [0.717, 1.165) is 35.5 Å². The summed E-state index contributed by atoms with van der Waals surface area (Å²) in [6.07, 6.45) is 29.2. The van der Waals surface area contributed by atoms with Gasteiger partial charge >= 0.3 is 0 Å². The minimum absolute atomic E-state index is 1.01. The molecule has 158 valence electrons. The van der Waals surface area contributed by atoms with Gasteiger partial charge in [0, 0.05) is 0 Å². The maximum absolute atomic E-state index is 2.49. The molecule has 4 unspecified atom stereocenters. The summed E-state index contributed by atoms with van der Waals surface area (Å²) < 4.78 is 0. The van der Waals surface area contributed by atoms with Gasteiger partial charge < -0.3 is 0 Å². The fraction of sp³-hybridized carbons (Fsp3) is 1.00. The van der Waals surface area contributed by atoms with Crippen molar-refractivity contribution >= 4 is 0 Å². The molecule has 0 spiro atoms. The lowest BCUT2D eigenvalue weighted by atomic mass is 9.65. The van der Waals surface area contributed by atoms with Crippen LogP contribution in [0.25, 0.3) is 0 Å². The van der Waals surface area contributed by atoms with Gasteiger partial charge in [-0.2, -0.15) is 0 Å². The average Bonchev–Trinajstić information content (AvgIpc) is 2.72. The Bertz CT molecular complexity index is 377. The van der Waals surface area contributed by atoms with E-state index in [2.05, 4.69) is 13.8 Å². The van der Waals surface area contributed by atoms with Gasteiger partial charge in [0.05, 0.1) is 0 Å². The quantitative estimate of drug-likeness (QED) is 0.421. The lowest BCUT2D eigenvalue weighted by Gasteiger charge is -2.41. The Hall–Kier alpha value is 0. The molecular formula is C27H50. The molecule has 0 saturated heterocycles. The van der Waals surface area contributed by atoms with E-state index < -0.39 is 0 Å². The molecule has 0 nitrogen and oxygen atoms in total. The van der Waals surface area contributed by atoms with Crippen LogP contribution in [0.1, 0.15) is 136 Å². The van der Waals surface area contributed by atoms with E-state index in [0.29, 0.717) is 0 Å². The number of fused-ring (bicyclic) bond motifs is 1. The van der Waals surface area contributed by atoms with Crippen molar-refractivity contribution in [2.24, 2.45) is 35.5 Å². The van der Waals surface area contributed by atoms with E-state index in [4.69, 9.17) is 0 Å². The minimum Gasteiger partial charge on any atom is -0.0654 e. The predicted octanol–water partition coefficient (Wildman–Crippen LogP) is 9.18. The molecular weight excluding hydrogens is 324 g/mol. The monoisotopic (exact) mass is 374 g/mol. The molecule has 3 aliphatic carbocycles. The Kier molecular flexibility index (Phi) is 9.54. The van der Waals surface area contributed by atoms with Crippen LogP contribution >= 0.6 is 0 Å². The Balaban J connectivity index is 1.61. The van der Waals surface area contributed by atoms with Crippen molar-refractivity contribution in [3.8, 4) is 0 Å².